The predicted molar refractivity (Wildman–Crippen MR) is 120 cm³/mol. The van der Waals surface area contributed by atoms with Gasteiger partial charge in [0.2, 0.25) is 0 Å². The minimum atomic E-state index is -0.159. The van der Waals surface area contributed by atoms with Crippen molar-refractivity contribution in [1.82, 2.24) is 0 Å². The van der Waals surface area contributed by atoms with Gasteiger partial charge in [0.05, 0.1) is 12.8 Å². The first kappa shape index (κ1) is 19.2. The number of methoxy groups -OCH3 is 1. The van der Waals surface area contributed by atoms with E-state index in [1.807, 2.05) is 85.8 Å². The molecule has 0 saturated carbocycles. The van der Waals surface area contributed by atoms with Crippen molar-refractivity contribution in [2.45, 2.75) is 6.92 Å². The van der Waals surface area contributed by atoms with Gasteiger partial charge in [0.1, 0.15) is 17.3 Å². The van der Waals surface area contributed by atoms with Gasteiger partial charge in [-0.1, -0.05) is 57.9 Å². The summed E-state index contributed by atoms with van der Waals surface area (Å²) in [5.74, 6) is 1.19. The van der Waals surface area contributed by atoms with Gasteiger partial charge < -0.3 is 4.74 Å². The summed E-state index contributed by atoms with van der Waals surface area (Å²) in [5, 5.41) is 0. The van der Waals surface area contributed by atoms with E-state index in [4.69, 9.17) is 9.73 Å². The van der Waals surface area contributed by atoms with E-state index in [1.54, 1.807) is 12.0 Å². The highest BCUT2D eigenvalue weighted by molar-refractivity contribution is 9.10. The number of aliphatic imine (C=N–C) groups is 1. The average molecular weight is 447 g/mol. The molecule has 3 aromatic rings. The highest BCUT2D eigenvalue weighted by Crippen LogP contribution is 2.29. The van der Waals surface area contributed by atoms with E-state index in [-0.39, 0.29) is 5.91 Å². The van der Waals surface area contributed by atoms with Gasteiger partial charge in [0.25, 0.3) is 5.91 Å². The van der Waals surface area contributed by atoms with Crippen LogP contribution in [-0.4, -0.2) is 18.9 Å². The summed E-state index contributed by atoms with van der Waals surface area (Å²) in [6, 6.07) is 23.2. The Balaban J connectivity index is 1.79. The van der Waals surface area contributed by atoms with Crippen LogP contribution < -0.4 is 9.64 Å². The third kappa shape index (κ3) is 4.00. The maximum absolute atomic E-state index is 13.3. The van der Waals surface area contributed by atoms with Crippen LogP contribution in [0.1, 0.15) is 16.7 Å². The molecule has 29 heavy (non-hydrogen) atoms. The monoisotopic (exact) mass is 446 g/mol. The smallest absolute Gasteiger partial charge is 0.282 e. The molecule has 0 spiro atoms. The fourth-order valence-electron chi connectivity index (χ4n) is 3.10. The van der Waals surface area contributed by atoms with Gasteiger partial charge in [-0.2, -0.15) is 0 Å². The third-order valence-corrected chi connectivity index (χ3v) is 5.20. The molecule has 3 aromatic carbocycles. The Morgan fingerprint density at radius 3 is 2.21 bits per heavy atom. The molecule has 4 rings (SSSR count). The van der Waals surface area contributed by atoms with Crippen molar-refractivity contribution in [3.63, 3.8) is 0 Å². The maximum Gasteiger partial charge on any atom is 0.282 e. The van der Waals surface area contributed by atoms with Gasteiger partial charge in [0, 0.05) is 10.0 Å². The zero-order valence-electron chi connectivity index (χ0n) is 16.1. The van der Waals surface area contributed by atoms with Crippen LogP contribution in [-0.2, 0) is 4.79 Å². The first-order valence-corrected chi connectivity index (χ1v) is 9.96. The van der Waals surface area contributed by atoms with E-state index in [1.165, 1.54) is 0 Å². The van der Waals surface area contributed by atoms with Crippen LogP contribution in [0.5, 0.6) is 5.75 Å². The van der Waals surface area contributed by atoms with Gasteiger partial charge in [-0.25, -0.2) is 4.99 Å². The molecule has 0 bridgehead atoms. The minimum absolute atomic E-state index is 0.159. The number of anilines is 1. The molecule has 4 nitrogen and oxygen atoms in total. The van der Waals surface area contributed by atoms with Crippen molar-refractivity contribution in [3.05, 3.63) is 99.7 Å². The van der Waals surface area contributed by atoms with Crippen LogP contribution in [0, 0.1) is 6.92 Å². The number of amidine groups is 1. The van der Waals surface area contributed by atoms with E-state index in [2.05, 4.69) is 15.9 Å². The molecule has 0 aromatic heterocycles. The second-order valence-corrected chi connectivity index (χ2v) is 7.64. The van der Waals surface area contributed by atoms with Gasteiger partial charge in [-0.3, -0.25) is 9.69 Å². The van der Waals surface area contributed by atoms with Crippen molar-refractivity contribution in [1.29, 1.82) is 0 Å². The Bertz CT molecular complexity index is 1100. The lowest BCUT2D eigenvalue weighted by molar-refractivity contribution is -0.113. The lowest BCUT2D eigenvalue weighted by Crippen LogP contribution is -2.32. The lowest BCUT2D eigenvalue weighted by atomic mass is 10.1. The van der Waals surface area contributed by atoms with Crippen molar-refractivity contribution >= 4 is 39.4 Å². The SMILES string of the molecule is COc1ccc(N2C(=O)/C(=C\c3ccc(Br)cc3)N=C2c2ccc(C)cc2)cc1. The summed E-state index contributed by atoms with van der Waals surface area (Å²) in [5.41, 5.74) is 4.10. The maximum atomic E-state index is 13.3. The number of benzene rings is 3. The number of aryl methyl sites for hydroxylation is 1. The number of ether oxygens (including phenoxy) is 1. The molecule has 0 unspecified atom stereocenters. The molecule has 0 aliphatic carbocycles. The van der Waals surface area contributed by atoms with Gasteiger partial charge in [-0.05, 0) is 55.0 Å². The molecular formula is C24H19BrN2O2. The zero-order valence-corrected chi connectivity index (χ0v) is 17.7. The van der Waals surface area contributed by atoms with Crippen molar-refractivity contribution in [3.8, 4) is 5.75 Å². The highest BCUT2D eigenvalue weighted by Gasteiger charge is 2.32. The fraction of sp³-hybridized carbons (Fsp3) is 0.0833. The molecule has 0 radical (unpaired) electrons. The van der Waals surface area contributed by atoms with Crippen LogP contribution >= 0.6 is 15.9 Å². The van der Waals surface area contributed by atoms with Crippen LogP contribution in [0.15, 0.2) is 88.0 Å². The van der Waals surface area contributed by atoms with Gasteiger partial charge in [0.15, 0.2) is 0 Å². The van der Waals surface area contributed by atoms with Crippen LogP contribution in [0.25, 0.3) is 6.08 Å². The molecule has 1 aliphatic heterocycles. The second kappa shape index (κ2) is 8.05. The molecule has 1 heterocycles. The number of carbonyl (C=O) groups excluding carboxylic acids is 1. The Kier molecular flexibility index (Phi) is 5.32. The summed E-state index contributed by atoms with van der Waals surface area (Å²) in [4.78, 5) is 19.6. The summed E-state index contributed by atoms with van der Waals surface area (Å²) >= 11 is 3.43. The Morgan fingerprint density at radius 1 is 0.931 bits per heavy atom. The summed E-state index contributed by atoms with van der Waals surface area (Å²) in [7, 11) is 1.62. The Hall–Kier alpha value is -3.18. The molecule has 1 aliphatic rings. The molecule has 0 fully saturated rings. The molecule has 0 saturated heterocycles. The molecule has 5 heteroatoms. The van der Waals surface area contributed by atoms with Gasteiger partial charge >= 0.3 is 0 Å². The van der Waals surface area contributed by atoms with Crippen molar-refractivity contribution in [2.24, 2.45) is 4.99 Å². The number of amides is 1. The topological polar surface area (TPSA) is 41.9 Å². The number of halogens is 1. The second-order valence-electron chi connectivity index (χ2n) is 6.72. The number of hydrogen-bond donors (Lipinski definition) is 0. The zero-order chi connectivity index (χ0) is 20.4. The number of hydrogen-bond acceptors (Lipinski definition) is 3. The minimum Gasteiger partial charge on any atom is -0.497 e. The quantitative estimate of drug-likeness (QED) is 0.489. The van der Waals surface area contributed by atoms with Crippen LogP contribution in [0.3, 0.4) is 0 Å². The van der Waals surface area contributed by atoms with E-state index in [0.717, 1.165) is 32.6 Å². The fourth-order valence-corrected chi connectivity index (χ4v) is 3.36. The summed E-state index contributed by atoms with van der Waals surface area (Å²) < 4.78 is 6.23. The summed E-state index contributed by atoms with van der Waals surface area (Å²) in [6.07, 6.45) is 1.81. The van der Waals surface area contributed by atoms with E-state index in [0.29, 0.717) is 11.5 Å². The number of carbonyl (C=O) groups is 1. The first-order chi connectivity index (χ1) is 14.0. The molecular weight excluding hydrogens is 428 g/mol. The predicted octanol–water partition coefficient (Wildman–Crippen LogP) is 5.60. The largest absolute Gasteiger partial charge is 0.497 e. The molecule has 0 atom stereocenters. The van der Waals surface area contributed by atoms with Crippen molar-refractivity contribution in [2.75, 3.05) is 12.0 Å². The van der Waals surface area contributed by atoms with Crippen molar-refractivity contribution < 1.29 is 9.53 Å². The van der Waals surface area contributed by atoms with E-state index >= 15 is 0 Å². The Labute approximate surface area is 178 Å². The normalized spacial score (nSPS) is 15.0. The van der Waals surface area contributed by atoms with Gasteiger partial charge in [-0.15, -0.1) is 0 Å². The molecule has 0 N–H and O–H groups in total. The highest BCUT2D eigenvalue weighted by atomic mass is 79.9. The lowest BCUT2D eigenvalue weighted by Gasteiger charge is -2.19. The number of rotatable bonds is 4. The van der Waals surface area contributed by atoms with Crippen LogP contribution in [0.2, 0.25) is 0 Å². The third-order valence-electron chi connectivity index (χ3n) is 4.67. The van der Waals surface area contributed by atoms with E-state index < -0.39 is 0 Å². The first-order valence-electron chi connectivity index (χ1n) is 9.16. The molecule has 1 amide bonds. The Morgan fingerprint density at radius 2 is 1.59 bits per heavy atom. The molecule has 144 valence electrons. The number of nitrogens with zero attached hydrogens (tertiary/aromatic N) is 2. The van der Waals surface area contributed by atoms with E-state index in [9.17, 15) is 4.79 Å². The van der Waals surface area contributed by atoms with Crippen LogP contribution in [0.4, 0.5) is 5.69 Å². The summed E-state index contributed by atoms with van der Waals surface area (Å²) in [6.45, 7) is 2.03. The average Bonchev–Trinajstić information content (AvgIpc) is 3.06. The standard InChI is InChI=1S/C24H19BrN2O2/c1-16-3-7-18(8-4-16)23-26-22(15-17-5-9-19(25)10-6-17)24(28)27(23)20-11-13-21(29-2)14-12-20/h3-15H,1-2H3/b22-15+.